The molecule has 1 aromatic rings. The van der Waals surface area contributed by atoms with Crippen LogP contribution in [-0.2, 0) is 0 Å². The van der Waals surface area contributed by atoms with Crippen molar-refractivity contribution in [2.45, 2.75) is 13.8 Å². The zero-order valence-corrected chi connectivity index (χ0v) is 8.46. The molecule has 0 saturated carbocycles. The van der Waals surface area contributed by atoms with Gasteiger partial charge in [-0.25, -0.2) is 0 Å². The Bertz CT molecular complexity index is 348. The minimum atomic E-state index is 0.368. The molecular weight excluding hydrogens is 180 g/mol. The number of ether oxygens (including phenoxy) is 1. The molecule has 3 heteroatoms. The van der Waals surface area contributed by atoms with Gasteiger partial charge in [0.25, 0.3) is 0 Å². The van der Waals surface area contributed by atoms with Crippen LogP contribution in [0.25, 0.3) is 0 Å². The van der Waals surface area contributed by atoms with Gasteiger partial charge in [-0.15, -0.1) is 0 Å². The predicted octanol–water partition coefficient (Wildman–Crippen LogP) is 1.94. The van der Waals surface area contributed by atoms with Gasteiger partial charge in [0.05, 0.1) is 18.2 Å². The van der Waals surface area contributed by atoms with Gasteiger partial charge in [-0.1, -0.05) is 6.07 Å². The molecule has 1 rings (SSSR count). The summed E-state index contributed by atoms with van der Waals surface area (Å²) in [7, 11) is 1.45. The molecule has 0 fully saturated rings. The fourth-order valence-electron chi connectivity index (χ4n) is 1.50. The Morgan fingerprint density at radius 2 is 1.50 bits per heavy atom. The summed E-state index contributed by atoms with van der Waals surface area (Å²) in [5.74, 6) is 0.368. The Labute approximate surface area is 82.7 Å². The standard InChI is InChI=1S/C11H12O3/c1-7-4-8(2)10(6-13)11(14-3)9(7)5-12/h4-6H,1-3H3. The highest BCUT2D eigenvalue weighted by molar-refractivity contribution is 5.91. The number of hydrogen-bond acceptors (Lipinski definition) is 3. The lowest BCUT2D eigenvalue weighted by molar-refractivity contribution is 0.111. The van der Waals surface area contributed by atoms with Crippen LogP contribution >= 0.6 is 0 Å². The topological polar surface area (TPSA) is 43.4 Å². The monoisotopic (exact) mass is 192 g/mol. The molecule has 0 aliphatic carbocycles. The predicted molar refractivity (Wildman–Crippen MR) is 53.2 cm³/mol. The molecule has 0 heterocycles. The average Bonchev–Trinajstić information content (AvgIpc) is 2.16. The van der Waals surface area contributed by atoms with Gasteiger partial charge in [0.15, 0.2) is 12.6 Å². The van der Waals surface area contributed by atoms with Gasteiger partial charge in [0.2, 0.25) is 0 Å². The summed E-state index contributed by atoms with van der Waals surface area (Å²) in [4.78, 5) is 21.6. The van der Waals surface area contributed by atoms with E-state index in [-0.39, 0.29) is 0 Å². The minimum absolute atomic E-state index is 0.368. The fourth-order valence-corrected chi connectivity index (χ4v) is 1.50. The first-order valence-corrected chi connectivity index (χ1v) is 4.24. The van der Waals surface area contributed by atoms with E-state index in [1.165, 1.54) is 7.11 Å². The van der Waals surface area contributed by atoms with E-state index in [4.69, 9.17) is 4.74 Å². The molecule has 0 spiro atoms. The number of carbonyl (C=O) groups is 2. The molecule has 0 bridgehead atoms. The number of benzene rings is 1. The van der Waals surface area contributed by atoms with E-state index < -0.39 is 0 Å². The number of methoxy groups -OCH3 is 1. The lowest BCUT2D eigenvalue weighted by Crippen LogP contribution is -2.01. The largest absolute Gasteiger partial charge is 0.495 e. The maximum Gasteiger partial charge on any atom is 0.154 e. The summed E-state index contributed by atoms with van der Waals surface area (Å²) in [6.45, 7) is 3.63. The summed E-state index contributed by atoms with van der Waals surface area (Å²) in [5.41, 5.74) is 2.53. The third-order valence-electron chi connectivity index (χ3n) is 2.21. The summed E-state index contributed by atoms with van der Waals surface area (Å²) >= 11 is 0. The lowest BCUT2D eigenvalue weighted by atomic mass is 9.99. The molecule has 0 unspecified atom stereocenters. The van der Waals surface area contributed by atoms with Crippen LogP contribution in [0.5, 0.6) is 5.75 Å². The van der Waals surface area contributed by atoms with Crippen LogP contribution in [0.15, 0.2) is 6.07 Å². The van der Waals surface area contributed by atoms with Gasteiger partial charge in [-0.2, -0.15) is 0 Å². The van der Waals surface area contributed by atoms with E-state index in [1.807, 2.05) is 13.8 Å². The van der Waals surface area contributed by atoms with E-state index in [0.717, 1.165) is 11.1 Å². The van der Waals surface area contributed by atoms with Crippen LogP contribution in [0.2, 0.25) is 0 Å². The summed E-state index contributed by atoms with van der Waals surface area (Å²) in [6, 6.07) is 1.80. The molecule has 1 aromatic carbocycles. The molecule has 14 heavy (non-hydrogen) atoms. The van der Waals surface area contributed by atoms with Crippen molar-refractivity contribution in [2.75, 3.05) is 7.11 Å². The Kier molecular flexibility index (Phi) is 3.02. The highest BCUT2D eigenvalue weighted by atomic mass is 16.5. The van der Waals surface area contributed by atoms with E-state index in [2.05, 4.69) is 0 Å². The number of aryl methyl sites for hydroxylation is 2. The van der Waals surface area contributed by atoms with Crippen LogP contribution in [0.3, 0.4) is 0 Å². The number of carbonyl (C=O) groups excluding carboxylic acids is 2. The van der Waals surface area contributed by atoms with Crippen LogP contribution in [-0.4, -0.2) is 19.7 Å². The van der Waals surface area contributed by atoms with Crippen molar-refractivity contribution in [1.29, 1.82) is 0 Å². The van der Waals surface area contributed by atoms with Crippen molar-refractivity contribution >= 4 is 12.6 Å². The second-order valence-corrected chi connectivity index (χ2v) is 3.11. The highest BCUT2D eigenvalue weighted by Gasteiger charge is 2.13. The molecule has 0 radical (unpaired) electrons. The Balaban J connectivity index is 3.58. The van der Waals surface area contributed by atoms with Gasteiger partial charge in [-0.3, -0.25) is 9.59 Å². The molecule has 0 atom stereocenters. The number of aldehydes is 2. The lowest BCUT2D eigenvalue weighted by Gasteiger charge is -2.11. The zero-order chi connectivity index (χ0) is 10.7. The first kappa shape index (κ1) is 10.4. The number of hydrogen-bond donors (Lipinski definition) is 0. The summed E-state index contributed by atoms with van der Waals surface area (Å²) in [6.07, 6.45) is 1.42. The highest BCUT2D eigenvalue weighted by Crippen LogP contribution is 2.27. The van der Waals surface area contributed by atoms with E-state index in [0.29, 0.717) is 29.4 Å². The number of rotatable bonds is 3. The summed E-state index contributed by atoms with van der Waals surface area (Å²) in [5, 5.41) is 0. The second-order valence-electron chi connectivity index (χ2n) is 3.11. The maximum atomic E-state index is 10.8. The first-order valence-electron chi connectivity index (χ1n) is 4.24. The normalized spacial score (nSPS) is 9.64. The van der Waals surface area contributed by atoms with Crippen LogP contribution in [0, 0.1) is 13.8 Å². The molecule has 0 saturated heterocycles. The van der Waals surface area contributed by atoms with E-state index in [9.17, 15) is 9.59 Å². The van der Waals surface area contributed by atoms with Crippen LogP contribution in [0.4, 0.5) is 0 Å². The molecule has 0 N–H and O–H groups in total. The molecule has 3 nitrogen and oxygen atoms in total. The van der Waals surface area contributed by atoms with Crippen molar-refractivity contribution in [3.8, 4) is 5.75 Å². The molecule has 0 aliphatic rings. The quantitative estimate of drug-likeness (QED) is 0.687. The molecule has 74 valence electrons. The van der Waals surface area contributed by atoms with E-state index >= 15 is 0 Å². The minimum Gasteiger partial charge on any atom is -0.495 e. The van der Waals surface area contributed by atoms with Crippen LogP contribution in [0.1, 0.15) is 31.8 Å². The molecule has 0 aromatic heterocycles. The van der Waals surface area contributed by atoms with E-state index in [1.54, 1.807) is 6.07 Å². The van der Waals surface area contributed by atoms with Crippen molar-refractivity contribution in [3.05, 3.63) is 28.3 Å². The molecule has 0 amide bonds. The van der Waals surface area contributed by atoms with Crippen molar-refractivity contribution in [3.63, 3.8) is 0 Å². The maximum absolute atomic E-state index is 10.8. The fraction of sp³-hybridized carbons (Fsp3) is 0.273. The van der Waals surface area contributed by atoms with Crippen LogP contribution < -0.4 is 4.74 Å². The van der Waals surface area contributed by atoms with Crippen molar-refractivity contribution in [2.24, 2.45) is 0 Å². The van der Waals surface area contributed by atoms with Crippen molar-refractivity contribution in [1.82, 2.24) is 0 Å². The third kappa shape index (κ3) is 1.53. The SMILES string of the molecule is COc1c(C=O)c(C)cc(C)c1C=O. The van der Waals surface area contributed by atoms with Gasteiger partial charge in [0, 0.05) is 0 Å². The Hall–Kier alpha value is -1.64. The average molecular weight is 192 g/mol. The van der Waals surface area contributed by atoms with Gasteiger partial charge >= 0.3 is 0 Å². The Morgan fingerprint density at radius 1 is 1.07 bits per heavy atom. The van der Waals surface area contributed by atoms with Gasteiger partial charge in [-0.05, 0) is 25.0 Å². The summed E-state index contributed by atoms with van der Waals surface area (Å²) < 4.78 is 5.06. The third-order valence-corrected chi connectivity index (χ3v) is 2.21. The first-order chi connectivity index (χ1) is 6.65. The molecular formula is C11H12O3. The smallest absolute Gasteiger partial charge is 0.154 e. The van der Waals surface area contributed by atoms with Gasteiger partial charge in [0.1, 0.15) is 5.75 Å². The van der Waals surface area contributed by atoms with Gasteiger partial charge < -0.3 is 4.74 Å². The van der Waals surface area contributed by atoms with Crippen molar-refractivity contribution < 1.29 is 14.3 Å². The molecule has 0 aliphatic heterocycles. The second kappa shape index (κ2) is 4.05. The Morgan fingerprint density at radius 3 is 1.79 bits per heavy atom. The zero-order valence-electron chi connectivity index (χ0n) is 8.46.